The number of benzene rings is 2. The Kier molecular flexibility index (Phi) is 6.89. The standard InChI is InChI=1S/C21H22F4N2O5S/c1-4-5-27-20-12(8-28)6-13(7-14(20)11(3)32-21(27)29)26-33(30,31)9-15-18(24)16(22)10(2)17(23)19(15)25/h6-7,11,26,28H,4-5,8-9H2,1-3H3. The summed E-state index contributed by atoms with van der Waals surface area (Å²) >= 11 is 0. The van der Waals surface area contributed by atoms with Crippen molar-refractivity contribution >= 4 is 27.5 Å². The number of aliphatic hydroxyl groups is 1. The van der Waals surface area contributed by atoms with Crippen LogP contribution in [0.5, 0.6) is 0 Å². The average molecular weight is 490 g/mol. The highest BCUT2D eigenvalue weighted by atomic mass is 32.2. The number of ether oxygens (including phenoxy) is 1. The van der Waals surface area contributed by atoms with Crippen molar-refractivity contribution in [3.8, 4) is 0 Å². The van der Waals surface area contributed by atoms with Gasteiger partial charge in [-0.15, -0.1) is 0 Å². The van der Waals surface area contributed by atoms with E-state index in [1.54, 1.807) is 6.92 Å². The molecule has 3 rings (SSSR count). The lowest BCUT2D eigenvalue weighted by atomic mass is 9.99. The number of rotatable bonds is 7. The molecular formula is C21H22F4N2O5S. The lowest BCUT2D eigenvalue weighted by Crippen LogP contribution is -2.38. The molecule has 12 heteroatoms. The molecule has 0 radical (unpaired) electrons. The molecule has 2 aromatic carbocycles. The second-order valence-corrected chi connectivity index (χ2v) is 9.35. The normalized spacial score (nSPS) is 15.9. The number of carbonyl (C=O) groups is 1. The van der Waals surface area contributed by atoms with Crippen molar-refractivity contribution in [2.75, 3.05) is 16.2 Å². The molecule has 0 bridgehead atoms. The van der Waals surface area contributed by atoms with Gasteiger partial charge in [-0.2, -0.15) is 0 Å². The van der Waals surface area contributed by atoms with E-state index in [-0.39, 0.29) is 11.3 Å². The van der Waals surface area contributed by atoms with E-state index in [1.807, 2.05) is 6.92 Å². The van der Waals surface area contributed by atoms with E-state index >= 15 is 0 Å². The van der Waals surface area contributed by atoms with Crippen LogP contribution in [-0.2, 0) is 27.1 Å². The van der Waals surface area contributed by atoms with Crippen LogP contribution >= 0.6 is 0 Å². The fourth-order valence-electron chi connectivity index (χ4n) is 3.65. The number of cyclic esters (lactones) is 1. The predicted molar refractivity (Wildman–Crippen MR) is 112 cm³/mol. The minimum absolute atomic E-state index is 0.0899. The molecule has 2 aromatic rings. The Morgan fingerprint density at radius 1 is 1.12 bits per heavy atom. The molecule has 0 saturated heterocycles. The van der Waals surface area contributed by atoms with Crippen molar-refractivity contribution in [2.24, 2.45) is 0 Å². The van der Waals surface area contributed by atoms with Gasteiger partial charge in [-0.3, -0.25) is 9.62 Å². The third-order valence-corrected chi connectivity index (χ3v) is 6.44. The summed E-state index contributed by atoms with van der Waals surface area (Å²) in [6.45, 7) is 3.96. The molecule has 1 aliphatic heterocycles. The minimum atomic E-state index is -4.55. The zero-order valence-electron chi connectivity index (χ0n) is 18.0. The number of hydrogen-bond acceptors (Lipinski definition) is 5. The van der Waals surface area contributed by atoms with Crippen LogP contribution in [0.3, 0.4) is 0 Å². The minimum Gasteiger partial charge on any atom is -0.441 e. The van der Waals surface area contributed by atoms with Crippen molar-refractivity contribution < 1.29 is 40.6 Å². The van der Waals surface area contributed by atoms with Gasteiger partial charge in [0.2, 0.25) is 10.0 Å². The molecule has 1 aliphatic rings. The molecule has 1 unspecified atom stereocenters. The number of amides is 1. The summed E-state index contributed by atoms with van der Waals surface area (Å²) in [6.07, 6.45) is -0.803. The molecule has 0 fully saturated rings. The van der Waals surface area contributed by atoms with Gasteiger partial charge in [-0.1, -0.05) is 6.92 Å². The van der Waals surface area contributed by atoms with Crippen LogP contribution in [0.2, 0.25) is 0 Å². The van der Waals surface area contributed by atoms with Crippen LogP contribution in [0.15, 0.2) is 12.1 Å². The smallest absolute Gasteiger partial charge is 0.414 e. The number of aliphatic hydroxyl groups excluding tert-OH is 1. The Morgan fingerprint density at radius 3 is 2.27 bits per heavy atom. The molecule has 180 valence electrons. The maximum atomic E-state index is 14.2. The molecular weight excluding hydrogens is 468 g/mol. The maximum Gasteiger partial charge on any atom is 0.414 e. The highest BCUT2D eigenvalue weighted by molar-refractivity contribution is 7.91. The Labute approximate surface area is 188 Å². The largest absolute Gasteiger partial charge is 0.441 e. The van der Waals surface area contributed by atoms with E-state index in [2.05, 4.69) is 4.72 Å². The van der Waals surface area contributed by atoms with Crippen molar-refractivity contribution in [1.82, 2.24) is 0 Å². The topological polar surface area (TPSA) is 95.9 Å². The van der Waals surface area contributed by atoms with Crippen LogP contribution in [0.4, 0.5) is 33.7 Å². The Bertz CT molecular complexity index is 1190. The Hall–Kier alpha value is -2.86. The van der Waals surface area contributed by atoms with Gasteiger partial charge in [0, 0.05) is 34.5 Å². The van der Waals surface area contributed by atoms with Crippen molar-refractivity contribution in [1.29, 1.82) is 0 Å². The van der Waals surface area contributed by atoms with Crippen LogP contribution < -0.4 is 9.62 Å². The predicted octanol–water partition coefficient (Wildman–Crippen LogP) is 4.41. The van der Waals surface area contributed by atoms with Crippen molar-refractivity contribution in [3.63, 3.8) is 0 Å². The first-order valence-corrected chi connectivity index (χ1v) is 11.6. The SMILES string of the molecule is CCCN1C(=O)OC(C)c2cc(NS(=O)(=O)Cc3c(F)c(F)c(C)c(F)c3F)cc(CO)c21. The first-order valence-electron chi connectivity index (χ1n) is 9.99. The number of nitrogens with zero attached hydrogens (tertiary/aromatic N) is 1. The van der Waals surface area contributed by atoms with Gasteiger partial charge >= 0.3 is 6.09 Å². The molecule has 0 aliphatic carbocycles. The van der Waals surface area contributed by atoms with Crippen LogP contribution in [-0.4, -0.2) is 26.2 Å². The third kappa shape index (κ3) is 4.62. The maximum absolute atomic E-state index is 14.2. The number of halogens is 4. The molecule has 1 heterocycles. The van der Waals surface area contributed by atoms with Gasteiger partial charge in [0.15, 0.2) is 23.3 Å². The number of fused-ring (bicyclic) bond motifs is 1. The van der Waals surface area contributed by atoms with Crippen molar-refractivity contribution in [2.45, 2.75) is 45.7 Å². The Morgan fingerprint density at radius 2 is 1.73 bits per heavy atom. The van der Waals surface area contributed by atoms with Gasteiger partial charge in [-0.05, 0) is 32.4 Å². The van der Waals surface area contributed by atoms with Gasteiger partial charge in [0.05, 0.1) is 12.3 Å². The van der Waals surface area contributed by atoms with Gasteiger partial charge in [0.25, 0.3) is 0 Å². The number of nitrogens with one attached hydrogen (secondary N) is 1. The quantitative estimate of drug-likeness (QED) is 0.443. The summed E-state index contributed by atoms with van der Waals surface area (Å²) < 4.78 is 88.5. The number of carbonyl (C=O) groups excluding carboxylic acids is 1. The van der Waals surface area contributed by atoms with E-state index in [9.17, 15) is 35.9 Å². The van der Waals surface area contributed by atoms with E-state index in [0.717, 1.165) is 6.92 Å². The lowest BCUT2D eigenvalue weighted by molar-refractivity contribution is 0.107. The molecule has 33 heavy (non-hydrogen) atoms. The highest BCUT2D eigenvalue weighted by Crippen LogP contribution is 2.40. The third-order valence-electron chi connectivity index (χ3n) is 5.22. The lowest BCUT2D eigenvalue weighted by Gasteiger charge is -2.34. The molecule has 2 N–H and O–H groups in total. The zero-order chi connectivity index (χ0) is 24.7. The molecule has 0 spiro atoms. The number of anilines is 2. The van der Waals surface area contributed by atoms with Crippen molar-refractivity contribution in [3.05, 3.63) is 57.7 Å². The number of hydrogen-bond donors (Lipinski definition) is 2. The monoisotopic (exact) mass is 490 g/mol. The van der Waals surface area contributed by atoms with E-state index in [1.165, 1.54) is 17.0 Å². The summed E-state index contributed by atoms with van der Waals surface area (Å²) in [6, 6.07) is 2.61. The fourth-order valence-corrected chi connectivity index (χ4v) is 4.84. The van der Waals surface area contributed by atoms with E-state index in [4.69, 9.17) is 4.74 Å². The molecule has 0 aromatic heterocycles. The molecule has 7 nitrogen and oxygen atoms in total. The summed E-state index contributed by atoms with van der Waals surface area (Å²) in [4.78, 5) is 13.6. The van der Waals surface area contributed by atoms with Crippen LogP contribution in [0.25, 0.3) is 0 Å². The second-order valence-electron chi connectivity index (χ2n) is 7.63. The second kappa shape index (κ2) is 9.18. The Balaban J connectivity index is 2.01. The first kappa shape index (κ1) is 24.8. The summed E-state index contributed by atoms with van der Waals surface area (Å²) in [7, 11) is -4.55. The van der Waals surface area contributed by atoms with Gasteiger partial charge in [-0.25, -0.2) is 30.8 Å². The van der Waals surface area contributed by atoms with Crippen LogP contribution in [0.1, 0.15) is 48.6 Å². The highest BCUT2D eigenvalue weighted by Gasteiger charge is 2.33. The molecule has 1 amide bonds. The fraction of sp³-hybridized carbons (Fsp3) is 0.381. The molecule has 0 saturated carbocycles. The van der Waals surface area contributed by atoms with Gasteiger partial charge < -0.3 is 9.84 Å². The summed E-state index contributed by atoms with van der Waals surface area (Å²) in [5.74, 6) is -8.33. The van der Waals surface area contributed by atoms with E-state index in [0.29, 0.717) is 24.2 Å². The van der Waals surface area contributed by atoms with Crippen LogP contribution in [0, 0.1) is 30.2 Å². The summed E-state index contributed by atoms with van der Waals surface area (Å²) in [5, 5.41) is 9.83. The zero-order valence-corrected chi connectivity index (χ0v) is 18.8. The summed E-state index contributed by atoms with van der Waals surface area (Å²) in [5.41, 5.74) is -1.27. The van der Waals surface area contributed by atoms with E-state index < -0.39 is 69.0 Å². The number of sulfonamides is 1. The molecule has 1 atom stereocenters. The first-order chi connectivity index (χ1) is 15.4. The van der Waals surface area contributed by atoms with Gasteiger partial charge in [0.1, 0.15) is 11.9 Å². The average Bonchev–Trinajstić information content (AvgIpc) is 2.76.